The topological polar surface area (TPSA) is 69.0 Å². The molecule has 4 aromatic rings. The van der Waals surface area contributed by atoms with Gasteiger partial charge in [0.25, 0.3) is 5.91 Å². The number of amides is 1. The van der Waals surface area contributed by atoms with E-state index < -0.39 is 0 Å². The Bertz CT molecular complexity index is 1290. The first-order chi connectivity index (χ1) is 16.6. The third-order valence-corrected chi connectivity index (χ3v) is 5.81. The summed E-state index contributed by atoms with van der Waals surface area (Å²) in [5, 5.41) is 4.61. The highest BCUT2D eigenvalue weighted by Crippen LogP contribution is 2.20. The Kier molecular flexibility index (Phi) is 6.49. The summed E-state index contributed by atoms with van der Waals surface area (Å²) in [4.78, 5) is 19.4. The van der Waals surface area contributed by atoms with Crippen molar-refractivity contribution in [3.63, 3.8) is 0 Å². The molecule has 2 aromatic heterocycles. The van der Waals surface area contributed by atoms with E-state index in [2.05, 4.69) is 10.1 Å². The number of benzene rings is 2. The van der Waals surface area contributed by atoms with E-state index in [1.807, 2.05) is 23.2 Å². The van der Waals surface area contributed by atoms with Gasteiger partial charge in [0.05, 0.1) is 18.9 Å². The predicted molar refractivity (Wildman–Crippen MR) is 124 cm³/mol. The molecular formula is C26H25FN4O3. The second-order valence-electron chi connectivity index (χ2n) is 8.40. The van der Waals surface area contributed by atoms with Gasteiger partial charge in [0.15, 0.2) is 5.65 Å². The predicted octanol–water partition coefficient (Wildman–Crippen LogP) is 3.78. The number of carbonyl (C=O) groups excluding carboxylic acids is 1. The van der Waals surface area contributed by atoms with Crippen LogP contribution in [0.4, 0.5) is 4.39 Å². The molecule has 1 aliphatic heterocycles. The maximum Gasteiger partial charge on any atom is 0.254 e. The molecule has 0 N–H and O–H groups in total. The number of nitrogens with zero attached hydrogens (tertiary/aromatic N) is 4. The van der Waals surface area contributed by atoms with Crippen LogP contribution in [0.25, 0.3) is 5.65 Å². The van der Waals surface area contributed by atoms with Crippen molar-refractivity contribution in [3.05, 3.63) is 95.7 Å². The van der Waals surface area contributed by atoms with Crippen LogP contribution < -0.4 is 4.74 Å². The lowest BCUT2D eigenvalue weighted by molar-refractivity contribution is 0.0736. The van der Waals surface area contributed by atoms with Gasteiger partial charge in [-0.2, -0.15) is 5.10 Å². The van der Waals surface area contributed by atoms with Crippen molar-refractivity contribution in [2.75, 3.05) is 26.3 Å². The van der Waals surface area contributed by atoms with Gasteiger partial charge in [0.2, 0.25) is 0 Å². The lowest BCUT2D eigenvalue weighted by atomic mass is 10.0. The number of rotatable bonds is 6. The highest BCUT2D eigenvalue weighted by Gasteiger charge is 2.24. The first-order valence-electron chi connectivity index (χ1n) is 11.3. The van der Waals surface area contributed by atoms with Gasteiger partial charge in [-0.15, -0.1) is 0 Å². The molecule has 8 heteroatoms. The van der Waals surface area contributed by atoms with Crippen molar-refractivity contribution in [3.8, 4) is 5.75 Å². The molecule has 1 saturated heterocycles. The van der Waals surface area contributed by atoms with E-state index in [4.69, 9.17) is 9.47 Å². The molecule has 0 saturated carbocycles. The van der Waals surface area contributed by atoms with Gasteiger partial charge in [-0.25, -0.2) is 13.9 Å². The Balaban J connectivity index is 1.25. The Morgan fingerprint density at radius 1 is 1.15 bits per heavy atom. The maximum absolute atomic E-state index is 13.4. The number of carbonyl (C=O) groups is 1. The monoisotopic (exact) mass is 460 g/mol. The quantitative estimate of drug-likeness (QED) is 0.438. The van der Waals surface area contributed by atoms with E-state index in [1.54, 1.807) is 47.1 Å². The summed E-state index contributed by atoms with van der Waals surface area (Å²) in [6, 6.07) is 17.3. The van der Waals surface area contributed by atoms with E-state index in [0.717, 1.165) is 16.9 Å². The average molecular weight is 461 g/mol. The summed E-state index contributed by atoms with van der Waals surface area (Å²) >= 11 is 0. The molecule has 0 radical (unpaired) electrons. The van der Waals surface area contributed by atoms with Crippen LogP contribution in [-0.2, 0) is 17.8 Å². The number of imidazole rings is 1. The van der Waals surface area contributed by atoms with Crippen molar-refractivity contribution in [1.29, 1.82) is 0 Å². The maximum atomic E-state index is 13.4. The summed E-state index contributed by atoms with van der Waals surface area (Å²) in [5.74, 6) is 0.329. The van der Waals surface area contributed by atoms with Crippen molar-refractivity contribution in [1.82, 2.24) is 19.5 Å². The highest BCUT2D eigenvalue weighted by molar-refractivity contribution is 5.94. The van der Waals surface area contributed by atoms with Crippen molar-refractivity contribution >= 4 is 11.6 Å². The molecule has 2 aromatic carbocycles. The average Bonchev–Trinajstić information content (AvgIpc) is 3.20. The van der Waals surface area contributed by atoms with Crippen LogP contribution >= 0.6 is 0 Å². The van der Waals surface area contributed by atoms with Crippen LogP contribution in [-0.4, -0.2) is 51.7 Å². The number of ether oxygens (including phenoxy) is 2. The van der Waals surface area contributed by atoms with E-state index >= 15 is 0 Å². The van der Waals surface area contributed by atoms with Crippen LogP contribution in [0.3, 0.4) is 0 Å². The Hall–Kier alpha value is -3.78. The van der Waals surface area contributed by atoms with Gasteiger partial charge in [0.1, 0.15) is 18.2 Å². The summed E-state index contributed by atoms with van der Waals surface area (Å²) in [5.41, 5.74) is 3.01. The van der Waals surface area contributed by atoms with Crippen molar-refractivity contribution < 1.29 is 18.7 Å². The highest BCUT2D eigenvalue weighted by atomic mass is 19.1. The first kappa shape index (κ1) is 22.0. The van der Waals surface area contributed by atoms with Crippen LogP contribution in [0.5, 0.6) is 5.75 Å². The molecule has 174 valence electrons. The molecule has 0 aliphatic carbocycles. The fourth-order valence-corrected chi connectivity index (χ4v) is 4.14. The molecule has 1 unspecified atom stereocenters. The SMILES string of the molecule is O=C(c1cccc(OCc2cccc(F)c2)c1)N1CCOCC(Cc2ccc3nccn3n2)C1. The van der Waals surface area contributed by atoms with Crippen molar-refractivity contribution in [2.24, 2.45) is 5.92 Å². The molecule has 1 amide bonds. The number of hydrogen-bond acceptors (Lipinski definition) is 5. The van der Waals surface area contributed by atoms with Gasteiger partial charge in [0, 0.05) is 37.0 Å². The van der Waals surface area contributed by atoms with Crippen LogP contribution in [0.15, 0.2) is 73.1 Å². The Morgan fingerprint density at radius 3 is 2.97 bits per heavy atom. The Labute approximate surface area is 196 Å². The molecule has 0 bridgehead atoms. The minimum atomic E-state index is -0.303. The molecule has 1 aliphatic rings. The van der Waals surface area contributed by atoms with Crippen LogP contribution in [0.2, 0.25) is 0 Å². The second kappa shape index (κ2) is 10.0. The van der Waals surface area contributed by atoms with Gasteiger partial charge in [-0.1, -0.05) is 18.2 Å². The summed E-state index contributed by atoms with van der Waals surface area (Å²) in [6.07, 6.45) is 4.24. The zero-order chi connectivity index (χ0) is 23.3. The second-order valence-corrected chi connectivity index (χ2v) is 8.40. The fraction of sp³-hybridized carbons (Fsp3) is 0.269. The molecule has 1 atom stereocenters. The summed E-state index contributed by atoms with van der Waals surface area (Å²) in [7, 11) is 0. The smallest absolute Gasteiger partial charge is 0.254 e. The van der Waals surface area contributed by atoms with Gasteiger partial charge in [-0.3, -0.25) is 4.79 Å². The summed E-state index contributed by atoms with van der Waals surface area (Å²) in [6.45, 7) is 2.40. The van der Waals surface area contributed by atoms with Gasteiger partial charge >= 0.3 is 0 Å². The number of fused-ring (bicyclic) bond motifs is 1. The van der Waals surface area contributed by atoms with E-state index in [9.17, 15) is 9.18 Å². The molecule has 7 nitrogen and oxygen atoms in total. The van der Waals surface area contributed by atoms with E-state index in [1.165, 1.54) is 12.1 Å². The normalized spacial score (nSPS) is 16.4. The zero-order valence-electron chi connectivity index (χ0n) is 18.6. The molecule has 5 rings (SSSR count). The minimum Gasteiger partial charge on any atom is -0.489 e. The molecule has 0 spiro atoms. The minimum absolute atomic E-state index is 0.0651. The van der Waals surface area contributed by atoms with Crippen molar-refractivity contribution in [2.45, 2.75) is 13.0 Å². The molecular weight excluding hydrogens is 435 g/mol. The lowest BCUT2D eigenvalue weighted by Crippen LogP contribution is -2.36. The van der Waals surface area contributed by atoms with E-state index in [0.29, 0.717) is 44.0 Å². The fourth-order valence-electron chi connectivity index (χ4n) is 4.14. The largest absolute Gasteiger partial charge is 0.489 e. The summed E-state index contributed by atoms with van der Waals surface area (Å²) < 4.78 is 26.8. The molecule has 3 heterocycles. The number of aromatic nitrogens is 3. The standard InChI is InChI=1S/C26H25FN4O3/c27-22-5-1-3-19(13-22)18-34-24-6-2-4-21(15-24)26(32)30-11-12-33-17-20(16-30)14-23-7-8-25-28-9-10-31(25)29-23/h1-10,13,15,20H,11-12,14,16-18H2. The first-order valence-corrected chi connectivity index (χ1v) is 11.3. The molecule has 34 heavy (non-hydrogen) atoms. The van der Waals surface area contributed by atoms with Gasteiger partial charge in [-0.05, 0) is 54.4 Å². The van der Waals surface area contributed by atoms with Crippen LogP contribution in [0.1, 0.15) is 21.6 Å². The third-order valence-electron chi connectivity index (χ3n) is 5.81. The number of halogens is 1. The lowest BCUT2D eigenvalue weighted by Gasteiger charge is -2.24. The number of hydrogen-bond donors (Lipinski definition) is 0. The molecule has 1 fully saturated rings. The Morgan fingerprint density at radius 2 is 2.06 bits per heavy atom. The van der Waals surface area contributed by atoms with Crippen LogP contribution in [0, 0.1) is 11.7 Å². The van der Waals surface area contributed by atoms with E-state index in [-0.39, 0.29) is 24.2 Å². The van der Waals surface area contributed by atoms with Gasteiger partial charge < -0.3 is 14.4 Å². The zero-order valence-corrected chi connectivity index (χ0v) is 18.6. The third kappa shape index (κ3) is 5.23.